The van der Waals surface area contributed by atoms with Crippen LogP contribution in [0.4, 0.5) is 0 Å². The van der Waals surface area contributed by atoms with Crippen LogP contribution >= 0.6 is 11.6 Å². The van der Waals surface area contributed by atoms with E-state index >= 15 is 0 Å². The van der Waals surface area contributed by atoms with E-state index in [0.717, 1.165) is 18.7 Å². The van der Waals surface area contributed by atoms with Gasteiger partial charge in [0.05, 0.1) is 0 Å². The molecule has 2 nitrogen and oxygen atoms in total. The zero-order chi connectivity index (χ0) is 14.2. The van der Waals surface area contributed by atoms with Crippen molar-refractivity contribution >= 4 is 11.6 Å². The van der Waals surface area contributed by atoms with Crippen molar-refractivity contribution in [2.24, 2.45) is 0 Å². The molecule has 2 aliphatic carbocycles. The van der Waals surface area contributed by atoms with Crippen LogP contribution in [0.2, 0.25) is 5.15 Å². The number of nitrogens with zero attached hydrogens (tertiary/aromatic N) is 2. The fourth-order valence-corrected chi connectivity index (χ4v) is 3.58. The van der Waals surface area contributed by atoms with Crippen LogP contribution in [0, 0.1) is 0 Å². The van der Waals surface area contributed by atoms with Gasteiger partial charge in [0.2, 0.25) is 0 Å². The second-order valence-corrected chi connectivity index (χ2v) is 6.54. The number of halogens is 1. The highest BCUT2D eigenvalue weighted by Gasteiger charge is 2.27. The van der Waals surface area contributed by atoms with Gasteiger partial charge in [-0.25, -0.2) is 9.97 Å². The van der Waals surface area contributed by atoms with E-state index in [1.807, 2.05) is 0 Å². The Kier molecular flexibility index (Phi) is 3.42. The third-order valence-electron chi connectivity index (χ3n) is 4.60. The first-order valence-corrected chi connectivity index (χ1v) is 8.35. The molecule has 1 aromatic heterocycles. The molecule has 0 amide bonds. The monoisotopic (exact) mass is 298 g/mol. The highest BCUT2D eigenvalue weighted by atomic mass is 35.5. The zero-order valence-electron chi connectivity index (χ0n) is 12.1. The second-order valence-electron chi connectivity index (χ2n) is 6.19. The van der Waals surface area contributed by atoms with Crippen molar-refractivity contribution in [2.45, 2.75) is 50.9 Å². The number of benzene rings is 1. The maximum atomic E-state index is 6.47. The van der Waals surface area contributed by atoms with E-state index in [1.165, 1.54) is 54.5 Å². The Morgan fingerprint density at radius 3 is 2.62 bits per heavy atom. The van der Waals surface area contributed by atoms with E-state index in [4.69, 9.17) is 16.6 Å². The lowest BCUT2D eigenvalue weighted by Gasteiger charge is -2.12. The zero-order valence-corrected chi connectivity index (χ0v) is 12.9. The van der Waals surface area contributed by atoms with Gasteiger partial charge in [0.1, 0.15) is 5.15 Å². The van der Waals surface area contributed by atoms with Crippen molar-refractivity contribution in [3.63, 3.8) is 0 Å². The highest BCUT2D eigenvalue weighted by Crippen LogP contribution is 2.44. The van der Waals surface area contributed by atoms with Gasteiger partial charge in [0, 0.05) is 16.8 Å². The lowest BCUT2D eigenvalue weighted by atomic mass is 10.0. The van der Waals surface area contributed by atoms with Gasteiger partial charge in [0.25, 0.3) is 0 Å². The number of aromatic nitrogens is 2. The summed E-state index contributed by atoms with van der Waals surface area (Å²) in [5.41, 5.74) is 4.92. The molecule has 1 heterocycles. The summed E-state index contributed by atoms with van der Waals surface area (Å²) in [5.74, 6) is 1.52. The lowest BCUT2D eigenvalue weighted by Crippen LogP contribution is -2.03. The molecule has 108 valence electrons. The molecule has 0 N–H and O–H groups in total. The van der Waals surface area contributed by atoms with Crippen LogP contribution in [0.1, 0.15) is 54.8 Å². The normalized spacial score (nSPS) is 18.1. The molecule has 1 fully saturated rings. The Labute approximate surface area is 130 Å². The third kappa shape index (κ3) is 2.57. The van der Waals surface area contributed by atoms with E-state index in [9.17, 15) is 0 Å². The van der Waals surface area contributed by atoms with Gasteiger partial charge in [-0.15, -0.1) is 0 Å². The minimum absolute atomic E-state index is 0.669. The summed E-state index contributed by atoms with van der Waals surface area (Å²) in [4.78, 5) is 9.50. The van der Waals surface area contributed by atoms with Gasteiger partial charge in [-0.2, -0.15) is 0 Å². The van der Waals surface area contributed by atoms with E-state index in [2.05, 4.69) is 29.2 Å². The fourth-order valence-electron chi connectivity index (χ4n) is 3.30. The molecule has 2 aromatic rings. The number of aryl methyl sites for hydroxylation is 1. The Balaban J connectivity index is 1.82. The Morgan fingerprint density at radius 2 is 1.76 bits per heavy atom. The molecule has 4 rings (SSSR count). The van der Waals surface area contributed by atoms with Crippen LogP contribution in [0.5, 0.6) is 0 Å². The van der Waals surface area contributed by atoms with Crippen LogP contribution in [0.15, 0.2) is 24.3 Å². The molecule has 0 saturated heterocycles. The predicted molar refractivity (Wildman–Crippen MR) is 85.7 cm³/mol. The molecule has 0 atom stereocenters. The maximum Gasteiger partial charge on any atom is 0.161 e. The first-order valence-electron chi connectivity index (χ1n) is 7.97. The second kappa shape index (κ2) is 5.42. The van der Waals surface area contributed by atoms with Gasteiger partial charge in [-0.05, 0) is 50.0 Å². The molecule has 0 spiro atoms. The van der Waals surface area contributed by atoms with E-state index < -0.39 is 0 Å². The van der Waals surface area contributed by atoms with Crippen LogP contribution < -0.4 is 0 Å². The van der Waals surface area contributed by atoms with E-state index in [0.29, 0.717) is 11.1 Å². The summed E-state index contributed by atoms with van der Waals surface area (Å²) in [5, 5.41) is 0.669. The van der Waals surface area contributed by atoms with Gasteiger partial charge in [-0.1, -0.05) is 42.3 Å². The largest absolute Gasteiger partial charge is 0.233 e. The third-order valence-corrected chi connectivity index (χ3v) is 4.91. The minimum atomic E-state index is 0.669. The molecule has 21 heavy (non-hydrogen) atoms. The topological polar surface area (TPSA) is 25.8 Å². The SMILES string of the molecule is Clc1nc(-c2ccccc2C2CC2)nc2c1CCCCC2. The van der Waals surface area contributed by atoms with Crippen LogP contribution in [-0.2, 0) is 12.8 Å². The quantitative estimate of drug-likeness (QED) is 0.579. The predicted octanol–water partition coefficient (Wildman–Crippen LogP) is 4.94. The molecule has 1 aromatic carbocycles. The molecular formula is C18H19ClN2. The summed E-state index contributed by atoms with van der Waals surface area (Å²) in [6.45, 7) is 0. The molecule has 0 aliphatic heterocycles. The fraction of sp³-hybridized carbons (Fsp3) is 0.444. The molecule has 0 radical (unpaired) electrons. The summed E-state index contributed by atoms with van der Waals surface area (Å²) >= 11 is 6.47. The van der Waals surface area contributed by atoms with Crippen molar-refractivity contribution in [1.29, 1.82) is 0 Å². The van der Waals surface area contributed by atoms with Gasteiger partial charge in [0.15, 0.2) is 5.82 Å². The van der Waals surface area contributed by atoms with Crippen molar-refractivity contribution in [3.8, 4) is 11.4 Å². The molecule has 3 heteroatoms. The molecular weight excluding hydrogens is 280 g/mol. The summed E-state index contributed by atoms with van der Waals surface area (Å²) < 4.78 is 0. The number of rotatable bonds is 2. The van der Waals surface area contributed by atoms with Crippen LogP contribution in [0.25, 0.3) is 11.4 Å². The summed E-state index contributed by atoms with van der Waals surface area (Å²) in [6.07, 6.45) is 8.32. The van der Waals surface area contributed by atoms with E-state index in [-0.39, 0.29) is 0 Å². The van der Waals surface area contributed by atoms with E-state index in [1.54, 1.807) is 0 Å². The first kappa shape index (κ1) is 13.3. The molecule has 1 saturated carbocycles. The van der Waals surface area contributed by atoms with Crippen molar-refractivity contribution in [1.82, 2.24) is 9.97 Å². The highest BCUT2D eigenvalue weighted by molar-refractivity contribution is 6.30. The summed E-state index contributed by atoms with van der Waals surface area (Å²) in [7, 11) is 0. The lowest BCUT2D eigenvalue weighted by molar-refractivity contribution is 0.709. The Hall–Kier alpha value is -1.41. The Morgan fingerprint density at radius 1 is 0.952 bits per heavy atom. The minimum Gasteiger partial charge on any atom is -0.233 e. The van der Waals surface area contributed by atoms with Crippen LogP contribution in [-0.4, -0.2) is 9.97 Å². The van der Waals surface area contributed by atoms with Gasteiger partial charge < -0.3 is 0 Å². The Bertz CT molecular complexity index is 677. The summed E-state index contributed by atoms with van der Waals surface area (Å²) in [6, 6.07) is 8.55. The van der Waals surface area contributed by atoms with Crippen molar-refractivity contribution in [3.05, 3.63) is 46.2 Å². The molecule has 0 bridgehead atoms. The number of fused-ring (bicyclic) bond motifs is 1. The molecule has 2 aliphatic rings. The average molecular weight is 299 g/mol. The number of hydrogen-bond donors (Lipinski definition) is 0. The molecule has 0 unspecified atom stereocenters. The smallest absolute Gasteiger partial charge is 0.161 e. The van der Waals surface area contributed by atoms with Gasteiger partial charge in [-0.3, -0.25) is 0 Å². The van der Waals surface area contributed by atoms with Gasteiger partial charge >= 0.3 is 0 Å². The number of hydrogen-bond acceptors (Lipinski definition) is 2. The average Bonchev–Trinajstić information content (AvgIpc) is 3.34. The van der Waals surface area contributed by atoms with Crippen molar-refractivity contribution in [2.75, 3.05) is 0 Å². The maximum absolute atomic E-state index is 6.47. The first-order chi connectivity index (χ1) is 10.3. The van der Waals surface area contributed by atoms with Crippen LogP contribution in [0.3, 0.4) is 0 Å². The van der Waals surface area contributed by atoms with Crippen molar-refractivity contribution < 1.29 is 0 Å². The standard InChI is InChI=1S/C18H19ClN2/c19-17-15-8-2-1-3-9-16(15)20-18(21-17)14-7-5-4-6-13(14)12-10-11-12/h4-7,12H,1-3,8-11H2.